The Morgan fingerprint density at radius 3 is 2.37 bits per heavy atom. The monoisotopic (exact) mass is 732 g/mol. The Hall–Kier alpha value is -3.68. The van der Waals surface area contributed by atoms with Crippen molar-refractivity contribution in [2.75, 3.05) is 19.5 Å². The number of allylic oxidation sites excluding steroid dienone is 2. The number of aliphatic hydroxyl groups is 1. The van der Waals surface area contributed by atoms with E-state index in [1.807, 2.05) is 13.8 Å². The molecule has 10 nitrogen and oxygen atoms in total. The molecule has 0 radical (unpaired) electrons. The van der Waals surface area contributed by atoms with E-state index < -0.39 is 11.8 Å². The van der Waals surface area contributed by atoms with E-state index in [4.69, 9.17) is 16.4 Å². The number of fused-ring (bicyclic) bond motifs is 1. The zero-order valence-electron chi connectivity index (χ0n) is 28.6. The number of carbonyl (C=O) groups excluding carboxylic acids is 2. The van der Waals surface area contributed by atoms with E-state index in [9.17, 15) is 23.9 Å². The third-order valence-corrected chi connectivity index (χ3v) is 10.5. The number of rotatable bonds is 9. The number of aryl methyl sites for hydroxylation is 3. The molecule has 0 spiro atoms. The molecule has 2 heterocycles. The highest BCUT2D eigenvalue weighted by Gasteiger charge is 2.32. The predicted molar refractivity (Wildman–Crippen MR) is 192 cm³/mol. The molecule has 1 unspecified atom stereocenters. The summed E-state index contributed by atoms with van der Waals surface area (Å²) < 4.78 is 22.3. The van der Waals surface area contributed by atoms with Crippen LogP contribution in [-0.2, 0) is 32.3 Å². The molecule has 49 heavy (non-hydrogen) atoms. The quantitative estimate of drug-likeness (QED) is 0.105. The van der Waals surface area contributed by atoms with Crippen molar-refractivity contribution in [1.82, 2.24) is 9.36 Å². The van der Waals surface area contributed by atoms with Gasteiger partial charge in [0, 0.05) is 30.8 Å². The molecule has 0 saturated carbocycles. The van der Waals surface area contributed by atoms with Gasteiger partial charge in [0.05, 0.1) is 29.2 Å². The highest BCUT2D eigenvalue weighted by atomic mass is 35.5. The van der Waals surface area contributed by atoms with Gasteiger partial charge in [-0.25, -0.2) is 14.1 Å². The summed E-state index contributed by atoms with van der Waals surface area (Å²) in [6, 6.07) is 6.92. The van der Waals surface area contributed by atoms with E-state index in [2.05, 4.69) is 47.8 Å². The summed E-state index contributed by atoms with van der Waals surface area (Å²) in [5.74, 6) is -0.820. The lowest BCUT2D eigenvalue weighted by Crippen LogP contribution is -2.31. The molecule has 5 rings (SSSR count). The molecule has 1 aliphatic carbocycles. The van der Waals surface area contributed by atoms with Crippen LogP contribution in [0.2, 0.25) is 5.02 Å². The maximum Gasteiger partial charge on any atom is 0.325 e. The first-order valence-electron chi connectivity index (χ1n) is 16.1. The molecule has 2 aliphatic rings. The lowest BCUT2D eigenvalue weighted by Gasteiger charge is -2.27. The molecule has 14 heteroatoms. The van der Waals surface area contributed by atoms with Crippen LogP contribution in [0.25, 0.3) is 0 Å². The molecular formula is C35H42ClFN4O6S2. The average Bonchev–Trinajstić information content (AvgIpc) is 3.37. The van der Waals surface area contributed by atoms with Crippen LogP contribution < -0.4 is 9.67 Å². The Kier molecular flexibility index (Phi) is 13.5. The van der Waals surface area contributed by atoms with E-state index in [-0.39, 0.29) is 38.8 Å². The number of ether oxygens (including phenoxy) is 1. The zero-order chi connectivity index (χ0) is 35.8. The number of methoxy groups -OCH3 is 1. The van der Waals surface area contributed by atoms with Gasteiger partial charge in [0.1, 0.15) is 23.9 Å². The molecule has 0 amide bonds. The molecule has 0 bridgehead atoms. The average molecular weight is 733 g/mol. The summed E-state index contributed by atoms with van der Waals surface area (Å²) >= 11 is 8.17. The van der Waals surface area contributed by atoms with Crippen molar-refractivity contribution in [2.24, 2.45) is 10.1 Å². The summed E-state index contributed by atoms with van der Waals surface area (Å²) in [7, 11) is 1.30. The van der Waals surface area contributed by atoms with Gasteiger partial charge >= 0.3 is 10.8 Å². The predicted octanol–water partition coefficient (Wildman–Crippen LogP) is 7.47. The fraction of sp³-hybridized carbons (Fsp3) is 0.457. The number of nitrogens with zero attached hydrogens (tertiary/aromatic N) is 4. The number of hydrogen-bond acceptors (Lipinski definition) is 10. The van der Waals surface area contributed by atoms with Crippen molar-refractivity contribution >= 4 is 57.9 Å². The first kappa shape index (κ1) is 38.1. The highest BCUT2D eigenvalue weighted by molar-refractivity contribution is 8.00. The van der Waals surface area contributed by atoms with Gasteiger partial charge < -0.3 is 14.7 Å². The normalized spacial score (nSPS) is 16.7. The maximum atomic E-state index is 14.3. The third kappa shape index (κ3) is 9.31. The molecule has 0 fully saturated rings. The number of esters is 1. The summed E-state index contributed by atoms with van der Waals surface area (Å²) in [4.78, 5) is 46.3. The number of halogens is 2. The molecule has 1 N–H and O–H groups in total. The van der Waals surface area contributed by atoms with Crippen LogP contribution in [0.3, 0.4) is 0 Å². The van der Waals surface area contributed by atoms with E-state index in [0.29, 0.717) is 59.9 Å². The summed E-state index contributed by atoms with van der Waals surface area (Å²) in [5, 5.41) is 14.7. The number of benzene rings is 2. The molecule has 3 aromatic rings. The Balaban J connectivity index is 0.000000221. The standard InChI is InChI=1S/C20H27NO3.C15H15ClFN3O3S2/c1-6-16(21-24-7-2)20-17(22)10-15(11-18(20)23)19-13(4)8-12(3)9-14(19)5;1-23-13(21)8-24-12-7-11(10(17)6-9(12)16)18-14-19-4-2-3-5-20(19)15(22)25-14/h8-9,15,22H,6-7,10-11H2,1-5H3;6-7H,2-5,8H2,1H3/b21-16+;18-14-. The topological polar surface area (TPSA) is 124 Å². The second-order valence-corrected chi connectivity index (χ2v) is 14.1. The first-order chi connectivity index (χ1) is 23.4. The number of carbonyl (C=O) groups is 2. The smallest absolute Gasteiger partial charge is 0.325 e. The Bertz CT molecular complexity index is 1890. The zero-order valence-corrected chi connectivity index (χ0v) is 31.0. The number of aliphatic hydroxyl groups excluding tert-OH is 1. The minimum atomic E-state index is -0.580. The number of oxime groups is 1. The number of hydrogen-bond donors (Lipinski definition) is 1. The lowest BCUT2D eigenvalue weighted by atomic mass is 9.78. The van der Waals surface area contributed by atoms with Gasteiger partial charge in [0.15, 0.2) is 5.78 Å². The summed E-state index contributed by atoms with van der Waals surface area (Å²) in [6.07, 6.45) is 3.32. The van der Waals surface area contributed by atoms with Crippen LogP contribution in [0.1, 0.15) is 74.1 Å². The highest BCUT2D eigenvalue weighted by Crippen LogP contribution is 2.38. The molecule has 0 saturated heterocycles. The Morgan fingerprint density at radius 1 is 1.08 bits per heavy atom. The fourth-order valence-electron chi connectivity index (χ4n) is 6.12. The van der Waals surface area contributed by atoms with E-state index in [1.54, 1.807) is 9.36 Å². The van der Waals surface area contributed by atoms with Crippen LogP contribution in [0.4, 0.5) is 10.1 Å². The van der Waals surface area contributed by atoms with E-state index in [1.165, 1.54) is 35.4 Å². The van der Waals surface area contributed by atoms with Crippen molar-refractivity contribution in [3.05, 3.63) is 83.2 Å². The minimum absolute atomic E-state index is 0.0204. The van der Waals surface area contributed by atoms with Crippen molar-refractivity contribution in [3.63, 3.8) is 0 Å². The molecule has 2 aromatic carbocycles. The molecule has 264 valence electrons. The third-order valence-electron chi connectivity index (χ3n) is 8.19. The maximum absolute atomic E-state index is 14.3. The van der Waals surface area contributed by atoms with Crippen LogP contribution in [0.15, 0.2) is 55.4 Å². The minimum Gasteiger partial charge on any atom is -0.511 e. The van der Waals surface area contributed by atoms with Crippen molar-refractivity contribution in [1.29, 1.82) is 0 Å². The SMILES string of the molecule is CCO/N=C(\CC)C1=C(O)CC(c2c(C)cc(C)cc2C)CC1=O.COC(=O)CSc1cc(/N=c2\sc(=O)n3n2CCCC3)c(F)cc1Cl. The second-order valence-electron chi connectivity index (χ2n) is 11.8. The van der Waals surface area contributed by atoms with E-state index in [0.717, 1.165) is 42.0 Å². The Labute approximate surface area is 298 Å². The van der Waals surface area contributed by atoms with Gasteiger partial charge in [-0.05, 0) is 93.0 Å². The number of ketones is 1. The Morgan fingerprint density at radius 2 is 1.76 bits per heavy atom. The van der Waals surface area contributed by atoms with Gasteiger partial charge in [0.25, 0.3) is 0 Å². The number of aromatic nitrogens is 2. The van der Waals surface area contributed by atoms with Crippen molar-refractivity contribution in [2.45, 2.75) is 90.6 Å². The van der Waals surface area contributed by atoms with Crippen LogP contribution >= 0.6 is 34.7 Å². The summed E-state index contributed by atoms with van der Waals surface area (Å²) in [5.41, 5.74) is 5.73. The fourth-order valence-corrected chi connectivity index (χ4v) is 8.11. The lowest BCUT2D eigenvalue weighted by molar-refractivity contribution is -0.137. The van der Waals surface area contributed by atoms with Gasteiger partial charge in [-0.1, -0.05) is 41.4 Å². The van der Waals surface area contributed by atoms with Gasteiger partial charge in [-0.15, -0.1) is 11.8 Å². The molecule has 1 aromatic heterocycles. The van der Waals surface area contributed by atoms with Crippen molar-refractivity contribution < 1.29 is 28.7 Å². The molecular weight excluding hydrogens is 691 g/mol. The summed E-state index contributed by atoms with van der Waals surface area (Å²) in [6.45, 7) is 11.7. The van der Waals surface area contributed by atoms with Crippen LogP contribution in [-0.4, -0.2) is 51.4 Å². The van der Waals surface area contributed by atoms with Gasteiger partial charge in [-0.3, -0.25) is 19.1 Å². The van der Waals surface area contributed by atoms with Crippen LogP contribution in [0.5, 0.6) is 0 Å². The van der Waals surface area contributed by atoms with Gasteiger partial charge in [-0.2, -0.15) is 0 Å². The largest absolute Gasteiger partial charge is 0.511 e. The van der Waals surface area contributed by atoms with E-state index >= 15 is 0 Å². The molecule has 1 aliphatic heterocycles. The number of thioether (sulfide) groups is 1. The van der Waals surface area contributed by atoms with Crippen molar-refractivity contribution in [3.8, 4) is 0 Å². The first-order valence-corrected chi connectivity index (χ1v) is 18.3. The second kappa shape index (κ2) is 17.3. The van der Waals surface area contributed by atoms with Gasteiger partial charge in [0.2, 0.25) is 4.80 Å². The molecule has 1 atom stereocenters. The number of Topliss-reactive ketones (excluding diaryl/α,β-unsaturated/α-hetero) is 1. The van der Waals surface area contributed by atoms with Crippen LogP contribution in [0, 0.1) is 26.6 Å².